The van der Waals surface area contributed by atoms with Crippen LogP contribution in [-0.2, 0) is 38.8 Å². The number of nitrogens with zero attached hydrogens (tertiary/aromatic N) is 6. The molecular formula is C41H52ClN9O11. The molecule has 334 valence electrons. The van der Waals surface area contributed by atoms with Crippen LogP contribution in [0.5, 0.6) is 17.2 Å². The molecule has 3 unspecified atom stereocenters. The largest absolute Gasteiger partial charge is 0.508 e. The van der Waals surface area contributed by atoms with Gasteiger partial charge in [0.1, 0.15) is 17.2 Å². The van der Waals surface area contributed by atoms with Crippen LogP contribution in [0.25, 0.3) is 32.7 Å². The summed E-state index contributed by atoms with van der Waals surface area (Å²) in [5, 5.41) is 66.7. The number of benzene rings is 3. The van der Waals surface area contributed by atoms with Gasteiger partial charge in [-0.1, -0.05) is 11.6 Å². The highest BCUT2D eigenvalue weighted by atomic mass is 35.5. The summed E-state index contributed by atoms with van der Waals surface area (Å²) in [6.45, 7) is 11.7. The van der Waals surface area contributed by atoms with Gasteiger partial charge in [0.2, 0.25) is 0 Å². The van der Waals surface area contributed by atoms with E-state index < -0.39 is 23.9 Å². The first-order chi connectivity index (χ1) is 29.0. The van der Waals surface area contributed by atoms with Crippen LogP contribution in [0.15, 0.2) is 78.9 Å². The van der Waals surface area contributed by atoms with Crippen molar-refractivity contribution < 1.29 is 54.6 Å². The molecule has 20 nitrogen and oxygen atoms in total. The highest BCUT2D eigenvalue weighted by Crippen LogP contribution is 2.27. The lowest BCUT2D eigenvalue weighted by molar-refractivity contribution is -0.134. The molecule has 6 aromatic rings. The number of aromatic hydroxyl groups is 2. The Morgan fingerprint density at radius 3 is 1.24 bits per heavy atom. The molecule has 0 spiro atoms. The van der Waals surface area contributed by atoms with Gasteiger partial charge in [-0.05, 0) is 71.0 Å². The van der Waals surface area contributed by atoms with E-state index in [9.17, 15) is 29.4 Å². The zero-order valence-corrected chi connectivity index (χ0v) is 35.6. The molecule has 0 aliphatic carbocycles. The summed E-state index contributed by atoms with van der Waals surface area (Å²) < 4.78 is 10.7. The molecule has 3 atom stereocenters. The number of carboxylic acid groups (broad SMARTS) is 4. The van der Waals surface area contributed by atoms with Crippen LogP contribution in [0, 0.1) is 13.8 Å². The standard InChI is InChI=1S/C11H14ClN3O.2C11H15N3O.2C4H4O4/c1-7(13)6-15-10-5-8(16-2)3-4-9(10)11(12)14-15;2*1-7(12)6-14-11-5-9(15)3-4-10(11)8(2)13-14;2*5-3(6)1-2-4(7)8/h3-5,7H,6,13H2,1-2H3;2*3-5,7,15H,6,12H2,1-2H3;2*1-2H,(H,5,6)(H,7,8)/b;;;2*2-1+. The maximum absolute atomic E-state index is 9.55. The molecule has 0 aliphatic rings. The average molecular weight is 882 g/mol. The number of carboxylic acids is 4. The monoisotopic (exact) mass is 881 g/mol. The van der Waals surface area contributed by atoms with E-state index in [4.69, 9.17) is 54.0 Å². The Kier molecular flexibility index (Phi) is 20.0. The Bertz CT molecular complexity index is 2360. The fourth-order valence-corrected chi connectivity index (χ4v) is 5.67. The third-order valence-corrected chi connectivity index (χ3v) is 8.15. The number of hydrogen-bond acceptors (Lipinski definition) is 13. The lowest BCUT2D eigenvalue weighted by Gasteiger charge is -2.07. The van der Waals surface area contributed by atoms with Crippen molar-refractivity contribution >= 4 is 68.2 Å². The topological polar surface area (TPSA) is 330 Å². The highest BCUT2D eigenvalue weighted by Gasteiger charge is 2.12. The molecule has 0 fully saturated rings. The number of fused-ring (bicyclic) bond motifs is 3. The number of aromatic nitrogens is 6. The minimum atomic E-state index is -1.26. The van der Waals surface area contributed by atoms with Gasteiger partial charge in [0.15, 0.2) is 5.15 Å². The molecule has 0 saturated carbocycles. The molecule has 0 amide bonds. The number of methoxy groups -OCH3 is 1. The SMILES string of the molecule is COc1ccc2c(Cl)nn(CC(C)N)c2c1.Cc1nn(CC(C)N)c2cc(O)ccc12.Cc1nn(CC(C)N)c2cc(O)ccc12.O=C(O)/C=C/C(=O)O.O=C(O)/C=C/C(=O)O. The van der Waals surface area contributed by atoms with Crippen LogP contribution in [0.2, 0.25) is 5.15 Å². The molecule has 3 heterocycles. The van der Waals surface area contributed by atoms with Gasteiger partial charge in [-0.25, -0.2) is 19.2 Å². The Balaban J connectivity index is 0.000000275. The summed E-state index contributed by atoms with van der Waals surface area (Å²) >= 11 is 6.04. The van der Waals surface area contributed by atoms with Crippen molar-refractivity contribution in [3.8, 4) is 17.2 Å². The second-order valence-corrected chi connectivity index (χ2v) is 14.1. The molecule has 21 heteroatoms. The fraction of sp³-hybridized carbons (Fsp3) is 0.293. The first kappa shape index (κ1) is 51.1. The molecule has 0 aliphatic heterocycles. The van der Waals surface area contributed by atoms with Gasteiger partial charge in [-0.2, -0.15) is 15.3 Å². The quantitative estimate of drug-likeness (QED) is 0.0821. The van der Waals surface area contributed by atoms with E-state index in [1.54, 1.807) is 31.4 Å². The zero-order valence-electron chi connectivity index (χ0n) is 34.9. The maximum Gasteiger partial charge on any atom is 0.328 e. The van der Waals surface area contributed by atoms with Gasteiger partial charge >= 0.3 is 23.9 Å². The number of aryl methyl sites for hydroxylation is 2. The van der Waals surface area contributed by atoms with Gasteiger partial charge in [0, 0.05) is 76.8 Å². The zero-order chi connectivity index (χ0) is 46.8. The number of aliphatic carboxylic acids is 4. The van der Waals surface area contributed by atoms with Crippen molar-refractivity contribution in [2.24, 2.45) is 17.2 Å². The van der Waals surface area contributed by atoms with Crippen LogP contribution < -0.4 is 21.9 Å². The number of rotatable bonds is 11. The van der Waals surface area contributed by atoms with Crippen molar-refractivity contribution in [2.45, 2.75) is 72.4 Å². The van der Waals surface area contributed by atoms with Crippen molar-refractivity contribution in [1.29, 1.82) is 0 Å². The van der Waals surface area contributed by atoms with Crippen LogP contribution in [0.4, 0.5) is 0 Å². The third kappa shape index (κ3) is 16.9. The first-order valence-electron chi connectivity index (χ1n) is 18.6. The summed E-state index contributed by atoms with van der Waals surface area (Å²) in [4.78, 5) is 38.2. The molecule has 0 radical (unpaired) electrons. The normalized spacial score (nSPS) is 12.2. The number of phenols is 2. The fourth-order valence-electron chi connectivity index (χ4n) is 5.42. The third-order valence-electron chi connectivity index (χ3n) is 7.87. The Labute approximate surface area is 360 Å². The van der Waals surface area contributed by atoms with Crippen molar-refractivity contribution in [2.75, 3.05) is 7.11 Å². The summed E-state index contributed by atoms with van der Waals surface area (Å²) in [6, 6.07) is 16.4. The smallest absolute Gasteiger partial charge is 0.328 e. The molecule has 0 bridgehead atoms. The van der Waals surface area contributed by atoms with Gasteiger partial charge in [0.05, 0.1) is 54.7 Å². The minimum absolute atomic E-state index is 0.0327. The number of ether oxygens (including phenoxy) is 1. The summed E-state index contributed by atoms with van der Waals surface area (Å²) in [6.07, 6.45) is 2.23. The highest BCUT2D eigenvalue weighted by molar-refractivity contribution is 6.34. The molecule has 6 rings (SSSR count). The first-order valence-corrected chi connectivity index (χ1v) is 19.0. The summed E-state index contributed by atoms with van der Waals surface area (Å²) in [5.41, 5.74) is 22.0. The lowest BCUT2D eigenvalue weighted by Crippen LogP contribution is -2.22. The van der Waals surface area contributed by atoms with Crippen LogP contribution in [0.1, 0.15) is 32.2 Å². The van der Waals surface area contributed by atoms with E-state index in [1.165, 1.54) is 0 Å². The molecule has 3 aromatic carbocycles. The number of hydrogen-bond donors (Lipinski definition) is 9. The van der Waals surface area contributed by atoms with E-state index in [-0.39, 0.29) is 29.6 Å². The van der Waals surface area contributed by atoms with E-state index in [2.05, 4.69) is 15.3 Å². The Morgan fingerprint density at radius 1 is 0.597 bits per heavy atom. The second-order valence-electron chi connectivity index (χ2n) is 13.7. The second kappa shape index (κ2) is 24.3. The predicted octanol–water partition coefficient (Wildman–Crippen LogP) is 4.26. The van der Waals surface area contributed by atoms with Gasteiger partial charge in [-0.3, -0.25) is 14.0 Å². The maximum atomic E-state index is 9.55. The van der Waals surface area contributed by atoms with E-state index in [0.29, 0.717) is 49.1 Å². The van der Waals surface area contributed by atoms with Crippen LogP contribution in [-0.4, -0.2) is 109 Å². The van der Waals surface area contributed by atoms with E-state index >= 15 is 0 Å². The van der Waals surface area contributed by atoms with E-state index in [1.807, 2.05) is 79.0 Å². The molecule has 0 saturated heterocycles. The molecular weight excluding hydrogens is 830 g/mol. The van der Waals surface area contributed by atoms with Crippen molar-refractivity contribution in [3.63, 3.8) is 0 Å². The average Bonchev–Trinajstić information content (AvgIpc) is 3.77. The van der Waals surface area contributed by atoms with Crippen molar-refractivity contribution in [3.05, 3.63) is 95.4 Å². The molecule has 12 N–H and O–H groups in total. The van der Waals surface area contributed by atoms with Crippen LogP contribution >= 0.6 is 11.6 Å². The molecule has 62 heavy (non-hydrogen) atoms. The predicted molar refractivity (Wildman–Crippen MR) is 233 cm³/mol. The van der Waals surface area contributed by atoms with Gasteiger partial charge in [-0.15, -0.1) is 0 Å². The summed E-state index contributed by atoms with van der Waals surface area (Å²) in [5.74, 6) is -3.73. The number of carbonyl (C=O) groups is 4. The minimum Gasteiger partial charge on any atom is -0.508 e. The van der Waals surface area contributed by atoms with Gasteiger partial charge < -0.3 is 52.6 Å². The number of phenolic OH excluding ortho intramolecular Hbond substituents is 2. The van der Waals surface area contributed by atoms with Gasteiger partial charge in [0.25, 0.3) is 0 Å². The number of halogens is 1. The number of nitrogens with two attached hydrogens (primary N) is 3. The van der Waals surface area contributed by atoms with E-state index in [0.717, 1.165) is 49.8 Å². The summed E-state index contributed by atoms with van der Waals surface area (Å²) in [7, 11) is 1.63. The molecule has 3 aromatic heterocycles. The Morgan fingerprint density at radius 2 is 0.919 bits per heavy atom. The van der Waals surface area contributed by atoms with Crippen LogP contribution in [0.3, 0.4) is 0 Å². The Hall–Kier alpha value is -7.00. The van der Waals surface area contributed by atoms with Crippen molar-refractivity contribution in [1.82, 2.24) is 29.3 Å². The lowest BCUT2D eigenvalue weighted by atomic mass is 10.2.